The van der Waals surface area contributed by atoms with Crippen LogP contribution in [0.15, 0.2) is 18.2 Å². The molecule has 126 valence electrons. The minimum atomic E-state index is -0.270. The summed E-state index contributed by atoms with van der Waals surface area (Å²) in [7, 11) is 3.30. The standard InChI is InChI=1S/C18H25NO4/c1-21-13-8-9-14(17(12-13)22-2)15-6-5-10-19(15)18(20)16-7-3-4-11-23-16/h8-9,12,15-16H,3-7,10-11H2,1-2H3/t15-,16+/m1/s1. The third-order valence-electron chi connectivity index (χ3n) is 4.79. The number of rotatable bonds is 4. The molecule has 0 bridgehead atoms. The molecule has 5 nitrogen and oxygen atoms in total. The van der Waals surface area contributed by atoms with E-state index in [9.17, 15) is 4.79 Å². The first kappa shape index (κ1) is 16.1. The molecule has 2 aliphatic rings. The first-order valence-corrected chi connectivity index (χ1v) is 8.38. The van der Waals surface area contributed by atoms with E-state index >= 15 is 0 Å². The van der Waals surface area contributed by atoms with Gasteiger partial charge >= 0.3 is 0 Å². The van der Waals surface area contributed by atoms with Crippen LogP contribution in [0.3, 0.4) is 0 Å². The number of amides is 1. The van der Waals surface area contributed by atoms with Crippen molar-refractivity contribution in [2.75, 3.05) is 27.4 Å². The highest BCUT2D eigenvalue weighted by Crippen LogP contribution is 2.39. The number of hydrogen-bond acceptors (Lipinski definition) is 4. The number of ether oxygens (including phenoxy) is 3. The lowest BCUT2D eigenvalue weighted by Gasteiger charge is -2.31. The Morgan fingerprint density at radius 3 is 2.74 bits per heavy atom. The third-order valence-corrected chi connectivity index (χ3v) is 4.79. The summed E-state index contributed by atoms with van der Waals surface area (Å²) in [6, 6.07) is 5.88. The van der Waals surface area contributed by atoms with Gasteiger partial charge in [0.15, 0.2) is 0 Å². The van der Waals surface area contributed by atoms with Crippen molar-refractivity contribution in [2.24, 2.45) is 0 Å². The topological polar surface area (TPSA) is 48.0 Å². The number of methoxy groups -OCH3 is 2. The molecule has 1 amide bonds. The van der Waals surface area contributed by atoms with E-state index in [1.807, 2.05) is 23.1 Å². The Morgan fingerprint density at radius 2 is 2.04 bits per heavy atom. The highest BCUT2D eigenvalue weighted by molar-refractivity contribution is 5.82. The molecule has 0 unspecified atom stereocenters. The Labute approximate surface area is 137 Å². The summed E-state index contributed by atoms with van der Waals surface area (Å²) in [4.78, 5) is 14.8. The summed E-state index contributed by atoms with van der Waals surface area (Å²) in [6.45, 7) is 1.49. The number of carbonyl (C=O) groups excluding carboxylic acids is 1. The molecule has 23 heavy (non-hydrogen) atoms. The Balaban J connectivity index is 1.82. The van der Waals surface area contributed by atoms with Crippen LogP contribution in [0.4, 0.5) is 0 Å². The van der Waals surface area contributed by atoms with Gasteiger partial charge in [-0.3, -0.25) is 4.79 Å². The smallest absolute Gasteiger partial charge is 0.252 e. The molecule has 1 aromatic carbocycles. The zero-order valence-electron chi connectivity index (χ0n) is 13.9. The fourth-order valence-corrected chi connectivity index (χ4v) is 3.57. The second kappa shape index (κ2) is 7.21. The molecule has 2 saturated heterocycles. The quantitative estimate of drug-likeness (QED) is 0.856. The van der Waals surface area contributed by atoms with Gasteiger partial charge in [-0.2, -0.15) is 0 Å². The fraction of sp³-hybridized carbons (Fsp3) is 0.611. The molecule has 0 spiro atoms. The van der Waals surface area contributed by atoms with E-state index in [1.165, 1.54) is 0 Å². The Kier molecular flexibility index (Phi) is 5.06. The van der Waals surface area contributed by atoms with E-state index < -0.39 is 0 Å². The maximum absolute atomic E-state index is 12.8. The van der Waals surface area contributed by atoms with E-state index in [-0.39, 0.29) is 18.1 Å². The summed E-state index contributed by atoms with van der Waals surface area (Å²) in [6.07, 6.45) is 4.66. The molecule has 1 aromatic rings. The van der Waals surface area contributed by atoms with Gasteiger partial charge in [-0.05, 0) is 44.2 Å². The molecule has 0 N–H and O–H groups in total. The van der Waals surface area contributed by atoms with Crippen molar-refractivity contribution in [1.29, 1.82) is 0 Å². The average Bonchev–Trinajstić information content (AvgIpc) is 3.10. The van der Waals surface area contributed by atoms with Gasteiger partial charge in [-0.1, -0.05) is 0 Å². The lowest BCUT2D eigenvalue weighted by atomic mass is 10.0. The third kappa shape index (κ3) is 3.29. The highest BCUT2D eigenvalue weighted by Gasteiger charge is 2.36. The Hall–Kier alpha value is -1.75. The zero-order valence-corrected chi connectivity index (χ0v) is 13.9. The molecule has 2 atom stereocenters. The number of hydrogen-bond donors (Lipinski definition) is 0. The van der Waals surface area contributed by atoms with Gasteiger partial charge in [-0.25, -0.2) is 0 Å². The fourth-order valence-electron chi connectivity index (χ4n) is 3.57. The Morgan fingerprint density at radius 1 is 1.17 bits per heavy atom. The lowest BCUT2D eigenvalue weighted by Crippen LogP contribution is -2.41. The van der Waals surface area contributed by atoms with Gasteiger partial charge in [0.1, 0.15) is 17.6 Å². The minimum absolute atomic E-state index is 0.0638. The first-order valence-electron chi connectivity index (χ1n) is 8.38. The predicted octanol–water partition coefficient (Wildman–Crippen LogP) is 2.94. The molecule has 2 aliphatic heterocycles. The van der Waals surface area contributed by atoms with E-state index in [2.05, 4.69) is 0 Å². The van der Waals surface area contributed by atoms with Gasteiger partial charge in [0.25, 0.3) is 5.91 Å². The van der Waals surface area contributed by atoms with E-state index in [0.717, 1.165) is 55.7 Å². The van der Waals surface area contributed by atoms with Crippen molar-refractivity contribution < 1.29 is 19.0 Å². The summed E-state index contributed by atoms with van der Waals surface area (Å²) >= 11 is 0. The SMILES string of the molecule is COc1ccc([C@H]2CCCN2C(=O)[C@@H]2CCCCO2)c(OC)c1. The second-order valence-corrected chi connectivity index (χ2v) is 6.15. The largest absolute Gasteiger partial charge is 0.497 e. The average molecular weight is 319 g/mol. The first-order chi connectivity index (χ1) is 11.2. The molecule has 0 aliphatic carbocycles. The second-order valence-electron chi connectivity index (χ2n) is 6.15. The zero-order chi connectivity index (χ0) is 16.2. The molecular weight excluding hydrogens is 294 g/mol. The molecule has 2 fully saturated rings. The van der Waals surface area contributed by atoms with Crippen molar-refractivity contribution >= 4 is 5.91 Å². The van der Waals surface area contributed by atoms with Crippen LogP contribution in [-0.4, -0.2) is 44.3 Å². The number of likely N-dealkylation sites (tertiary alicyclic amines) is 1. The highest BCUT2D eigenvalue weighted by atomic mass is 16.5. The molecule has 5 heteroatoms. The molecular formula is C18H25NO4. The molecule has 0 radical (unpaired) electrons. The van der Waals surface area contributed by atoms with Crippen LogP contribution >= 0.6 is 0 Å². The summed E-state index contributed by atoms with van der Waals surface area (Å²) in [5, 5.41) is 0. The van der Waals surface area contributed by atoms with Crippen LogP contribution < -0.4 is 9.47 Å². The summed E-state index contributed by atoms with van der Waals surface area (Å²) in [5.74, 6) is 1.67. The van der Waals surface area contributed by atoms with Crippen LogP contribution in [0.1, 0.15) is 43.7 Å². The van der Waals surface area contributed by atoms with Gasteiger partial charge in [0, 0.05) is 24.8 Å². The van der Waals surface area contributed by atoms with E-state index in [4.69, 9.17) is 14.2 Å². The van der Waals surface area contributed by atoms with Crippen LogP contribution in [0.25, 0.3) is 0 Å². The van der Waals surface area contributed by atoms with Gasteiger partial charge in [0.05, 0.1) is 20.3 Å². The van der Waals surface area contributed by atoms with Gasteiger partial charge in [-0.15, -0.1) is 0 Å². The number of benzene rings is 1. The monoisotopic (exact) mass is 319 g/mol. The molecule has 0 saturated carbocycles. The van der Waals surface area contributed by atoms with Crippen molar-refractivity contribution in [1.82, 2.24) is 4.90 Å². The van der Waals surface area contributed by atoms with Crippen LogP contribution in [0.2, 0.25) is 0 Å². The van der Waals surface area contributed by atoms with Crippen molar-refractivity contribution in [2.45, 2.75) is 44.2 Å². The van der Waals surface area contributed by atoms with Crippen molar-refractivity contribution in [3.63, 3.8) is 0 Å². The number of carbonyl (C=O) groups is 1. The normalized spacial score (nSPS) is 24.5. The van der Waals surface area contributed by atoms with Crippen LogP contribution in [0, 0.1) is 0 Å². The number of nitrogens with zero attached hydrogens (tertiary/aromatic N) is 1. The maximum atomic E-state index is 12.8. The van der Waals surface area contributed by atoms with Crippen molar-refractivity contribution in [3.8, 4) is 11.5 Å². The van der Waals surface area contributed by atoms with Crippen molar-refractivity contribution in [3.05, 3.63) is 23.8 Å². The molecule has 0 aromatic heterocycles. The van der Waals surface area contributed by atoms with Gasteiger partial charge < -0.3 is 19.1 Å². The maximum Gasteiger partial charge on any atom is 0.252 e. The van der Waals surface area contributed by atoms with Crippen LogP contribution in [-0.2, 0) is 9.53 Å². The van der Waals surface area contributed by atoms with E-state index in [0.29, 0.717) is 6.61 Å². The minimum Gasteiger partial charge on any atom is -0.497 e. The predicted molar refractivity (Wildman–Crippen MR) is 86.8 cm³/mol. The summed E-state index contributed by atoms with van der Waals surface area (Å²) < 4.78 is 16.5. The summed E-state index contributed by atoms with van der Waals surface area (Å²) in [5.41, 5.74) is 1.05. The molecule has 2 heterocycles. The molecule has 3 rings (SSSR count). The van der Waals surface area contributed by atoms with Crippen LogP contribution in [0.5, 0.6) is 11.5 Å². The van der Waals surface area contributed by atoms with Gasteiger partial charge in [0.2, 0.25) is 0 Å². The van der Waals surface area contributed by atoms with E-state index in [1.54, 1.807) is 14.2 Å². The Bertz CT molecular complexity index is 554. The lowest BCUT2D eigenvalue weighted by molar-refractivity contribution is -0.147.